The van der Waals surface area contributed by atoms with Crippen LogP contribution in [0.25, 0.3) is 0 Å². The molecule has 25 heavy (non-hydrogen) atoms. The molecule has 0 bridgehead atoms. The predicted molar refractivity (Wildman–Crippen MR) is 93.8 cm³/mol. The van der Waals surface area contributed by atoms with E-state index in [-0.39, 0.29) is 12.0 Å². The Kier molecular flexibility index (Phi) is 5.78. The second-order valence-electron chi connectivity index (χ2n) is 6.27. The van der Waals surface area contributed by atoms with E-state index in [2.05, 4.69) is 20.1 Å². The largest absolute Gasteiger partial charge is 0.367 e. The molecular weight excluding hydrogens is 318 g/mol. The number of carbonyl (C=O) groups is 1. The summed E-state index contributed by atoms with van der Waals surface area (Å²) in [5.74, 6) is 1.57. The van der Waals surface area contributed by atoms with Gasteiger partial charge in [-0.15, -0.1) is 0 Å². The van der Waals surface area contributed by atoms with Crippen molar-refractivity contribution in [3.63, 3.8) is 0 Å². The number of aromatic nitrogens is 3. The van der Waals surface area contributed by atoms with E-state index in [1.54, 1.807) is 0 Å². The van der Waals surface area contributed by atoms with E-state index < -0.39 is 0 Å². The van der Waals surface area contributed by atoms with Gasteiger partial charge in [0.05, 0.1) is 13.2 Å². The minimum atomic E-state index is -0.185. The first-order chi connectivity index (χ1) is 12.2. The molecule has 1 aliphatic heterocycles. The van der Waals surface area contributed by atoms with Crippen LogP contribution in [-0.2, 0) is 16.1 Å². The fourth-order valence-corrected chi connectivity index (χ4v) is 2.98. The summed E-state index contributed by atoms with van der Waals surface area (Å²) in [4.78, 5) is 21.0. The van der Waals surface area contributed by atoms with Crippen molar-refractivity contribution in [1.82, 2.24) is 25.0 Å². The number of hydrogen-bond donors (Lipinski definition) is 1. The van der Waals surface area contributed by atoms with Crippen LogP contribution in [0, 0.1) is 6.92 Å². The smallest absolute Gasteiger partial charge is 0.237 e. The molecule has 1 aromatic heterocycles. The second kappa shape index (κ2) is 8.22. The van der Waals surface area contributed by atoms with Crippen LogP contribution in [0.1, 0.15) is 30.2 Å². The minimum Gasteiger partial charge on any atom is -0.367 e. The summed E-state index contributed by atoms with van der Waals surface area (Å²) in [6.07, 6.45) is -0.185. The second-order valence-corrected chi connectivity index (χ2v) is 6.27. The Bertz CT molecular complexity index is 688. The molecule has 0 spiro atoms. The molecule has 2 heterocycles. The quantitative estimate of drug-likeness (QED) is 0.861. The molecule has 7 nitrogen and oxygen atoms in total. The Balaban J connectivity index is 1.57. The summed E-state index contributed by atoms with van der Waals surface area (Å²) in [5.41, 5.74) is 1.15. The molecule has 1 N–H and O–H groups in total. The highest BCUT2D eigenvalue weighted by molar-refractivity contribution is 5.78. The van der Waals surface area contributed by atoms with Crippen LogP contribution in [0.5, 0.6) is 0 Å². The Labute approximate surface area is 148 Å². The van der Waals surface area contributed by atoms with Gasteiger partial charge in [-0.05, 0) is 19.4 Å². The number of likely N-dealkylation sites (N-methyl/N-ethyl adjacent to an activating group) is 1. The average molecular weight is 343 g/mol. The maximum Gasteiger partial charge on any atom is 0.237 e. The van der Waals surface area contributed by atoms with Gasteiger partial charge < -0.3 is 9.64 Å². The van der Waals surface area contributed by atoms with E-state index >= 15 is 0 Å². The number of aromatic amines is 1. The number of ether oxygens (including phenoxy) is 1. The van der Waals surface area contributed by atoms with Crippen LogP contribution >= 0.6 is 0 Å². The average Bonchev–Trinajstić information content (AvgIpc) is 3.07. The van der Waals surface area contributed by atoms with E-state index in [4.69, 9.17) is 4.74 Å². The molecule has 134 valence electrons. The van der Waals surface area contributed by atoms with Crippen LogP contribution in [-0.4, -0.2) is 63.7 Å². The van der Waals surface area contributed by atoms with Gasteiger partial charge >= 0.3 is 0 Å². The van der Waals surface area contributed by atoms with Gasteiger partial charge in [-0.2, -0.15) is 5.10 Å². The van der Waals surface area contributed by atoms with E-state index in [0.717, 1.165) is 17.9 Å². The standard InChI is InChI=1S/C18H25N5O2/c1-3-23(11-15-7-5-4-6-8-15)17(24)13-22-9-10-25-16(12-22)18-19-14(2)20-21-18/h4-8,16H,3,9-13H2,1-2H3,(H,19,20,21). The van der Waals surface area contributed by atoms with Gasteiger partial charge in [0, 0.05) is 26.2 Å². The lowest BCUT2D eigenvalue weighted by atomic mass is 10.2. The van der Waals surface area contributed by atoms with Gasteiger partial charge in [-0.3, -0.25) is 14.8 Å². The van der Waals surface area contributed by atoms with Gasteiger partial charge in [-0.1, -0.05) is 30.3 Å². The van der Waals surface area contributed by atoms with Crippen molar-refractivity contribution >= 4 is 5.91 Å². The van der Waals surface area contributed by atoms with Crippen molar-refractivity contribution in [2.45, 2.75) is 26.5 Å². The van der Waals surface area contributed by atoms with Crippen molar-refractivity contribution < 1.29 is 9.53 Å². The van der Waals surface area contributed by atoms with Crippen LogP contribution in [0.4, 0.5) is 0 Å². The third kappa shape index (κ3) is 4.64. The summed E-state index contributed by atoms with van der Waals surface area (Å²) in [7, 11) is 0. The van der Waals surface area contributed by atoms with E-state index in [0.29, 0.717) is 38.6 Å². The monoisotopic (exact) mass is 343 g/mol. The number of nitrogens with zero attached hydrogens (tertiary/aromatic N) is 4. The first kappa shape index (κ1) is 17.6. The van der Waals surface area contributed by atoms with Crippen molar-refractivity contribution in [2.24, 2.45) is 0 Å². The number of amides is 1. The zero-order valence-corrected chi connectivity index (χ0v) is 14.8. The first-order valence-corrected chi connectivity index (χ1v) is 8.70. The maximum atomic E-state index is 12.7. The zero-order valence-electron chi connectivity index (χ0n) is 14.8. The fraction of sp³-hybridized carbons (Fsp3) is 0.500. The SMILES string of the molecule is CCN(Cc1ccccc1)C(=O)CN1CCOC(c2n[nH]c(C)n2)C1. The summed E-state index contributed by atoms with van der Waals surface area (Å²) >= 11 is 0. The van der Waals surface area contributed by atoms with Gasteiger partial charge in [0.25, 0.3) is 0 Å². The van der Waals surface area contributed by atoms with Crippen LogP contribution in [0.15, 0.2) is 30.3 Å². The van der Waals surface area contributed by atoms with Gasteiger partial charge in [0.15, 0.2) is 5.82 Å². The van der Waals surface area contributed by atoms with Gasteiger partial charge in [-0.25, -0.2) is 4.98 Å². The summed E-state index contributed by atoms with van der Waals surface area (Å²) < 4.78 is 5.76. The topological polar surface area (TPSA) is 74.3 Å². The summed E-state index contributed by atoms with van der Waals surface area (Å²) in [6, 6.07) is 10.1. The number of hydrogen-bond acceptors (Lipinski definition) is 5. The molecule has 0 aliphatic carbocycles. The third-order valence-electron chi connectivity index (χ3n) is 4.36. The molecule has 1 amide bonds. The maximum absolute atomic E-state index is 12.7. The first-order valence-electron chi connectivity index (χ1n) is 8.70. The number of H-pyrrole nitrogens is 1. The number of rotatable bonds is 6. The fourth-order valence-electron chi connectivity index (χ4n) is 2.98. The van der Waals surface area contributed by atoms with Crippen molar-refractivity contribution in [2.75, 3.05) is 32.8 Å². The van der Waals surface area contributed by atoms with Crippen molar-refractivity contribution in [3.8, 4) is 0 Å². The Morgan fingerprint density at radius 2 is 2.20 bits per heavy atom. The number of benzene rings is 1. The van der Waals surface area contributed by atoms with E-state index in [1.165, 1.54) is 0 Å². The molecule has 1 aliphatic rings. The van der Waals surface area contributed by atoms with E-state index in [9.17, 15) is 4.79 Å². The number of morpholine rings is 1. The Morgan fingerprint density at radius 3 is 2.88 bits per heavy atom. The molecule has 1 aromatic carbocycles. The third-order valence-corrected chi connectivity index (χ3v) is 4.36. The Hall–Kier alpha value is -2.25. The highest BCUT2D eigenvalue weighted by Gasteiger charge is 2.27. The van der Waals surface area contributed by atoms with E-state index in [1.807, 2.05) is 49.1 Å². The molecular formula is C18H25N5O2. The number of carbonyl (C=O) groups excluding carboxylic acids is 1. The minimum absolute atomic E-state index is 0.137. The van der Waals surface area contributed by atoms with Crippen molar-refractivity contribution in [3.05, 3.63) is 47.5 Å². The molecule has 0 saturated carbocycles. The number of aryl methyl sites for hydroxylation is 1. The van der Waals surface area contributed by atoms with Crippen LogP contribution < -0.4 is 0 Å². The van der Waals surface area contributed by atoms with Gasteiger partial charge in [0.1, 0.15) is 11.9 Å². The molecule has 1 fully saturated rings. The lowest BCUT2D eigenvalue weighted by molar-refractivity contribution is -0.135. The predicted octanol–water partition coefficient (Wildman–Crippen LogP) is 1.54. The van der Waals surface area contributed by atoms with Crippen LogP contribution in [0.3, 0.4) is 0 Å². The molecule has 1 atom stereocenters. The Morgan fingerprint density at radius 1 is 1.40 bits per heavy atom. The molecule has 1 unspecified atom stereocenters. The lowest BCUT2D eigenvalue weighted by Crippen LogP contribution is -2.45. The lowest BCUT2D eigenvalue weighted by Gasteiger charge is -2.32. The summed E-state index contributed by atoms with van der Waals surface area (Å²) in [6.45, 7) is 7.56. The van der Waals surface area contributed by atoms with Gasteiger partial charge in [0.2, 0.25) is 5.91 Å². The van der Waals surface area contributed by atoms with Crippen LogP contribution in [0.2, 0.25) is 0 Å². The molecule has 3 rings (SSSR count). The molecule has 7 heteroatoms. The normalized spacial score (nSPS) is 18.2. The zero-order chi connectivity index (χ0) is 17.6. The molecule has 2 aromatic rings. The molecule has 1 saturated heterocycles. The highest BCUT2D eigenvalue weighted by atomic mass is 16.5. The highest BCUT2D eigenvalue weighted by Crippen LogP contribution is 2.19. The van der Waals surface area contributed by atoms with Crippen molar-refractivity contribution in [1.29, 1.82) is 0 Å². The number of nitrogens with one attached hydrogen (secondary N) is 1. The molecule has 0 radical (unpaired) electrons. The summed E-state index contributed by atoms with van der Waals surface area (Å²) in [5, 5.41) is 7.02.